The molecular weight excluding hydrogens is 344 g/mol. The normalized spacial score (nSPS) is 11.8. The Kier molecular flexibility index (Phi) is 5.87. The number of nitrogens with one attached hydrogen (secondary N) is 1. The summed E-state index contributed by atoms with van der Waals surface area (Å²) < 4.78 is 4.59. The van der Waals surface area contributed by atoms with Crippen LogP contribution in [0.4, 0.5) is 5.69 Å². The summed E-state index contributed by atoms with van der Waals surface area (Å²) in [7, 11) is 1.17. The van der Waals surface area contributed by atoms with Crippen molar-refractivity contribution in [3.05, 3.63) is 61.8 Å². The van der Waals surface area contributed by atoms with E-state index in [4.69, 9.17) is 0 Å². The Morgan fingerprint density at radius 2 is 1.92 bits per heavy atom. The summed E-state index contributed by atoms with van der Waals surface area (Å²) in [6.45, 7) is 3.94. The first-order valence-electron chi connectivity index (χ1n) is 7.55. The summed E-state index contributed by atoms with van der Waals surface area (Å²) in [5.41, 5.74) is -0.346. The van der Waals surface area contributed by atoms with Gasteiger partial charge in [0, 0.05) is 22.6 Å². The zero-order valence-corrected chi connectivity index (χ0v) is 14.8. The van der Waals surface area contributed by atoms with Crippen LogP contribution in [-0.2, 0) is 4.74 Å². The maximum absolute atomic E-state index is 12.6. The second kappa shape index (κ2) is 7.89. The van der Waals surface area contributed by atoms with E-state index in [0.717, 1.165) is 17.0 Å². The molecule has 0 bridgehead atoms. The third kappa shape index (κ3) is 4.42. The molecule has 0 radical (unpaired) electrons. The number of methoxy groups -OCH3 is 1. The van der Waals surface area contributed by atoms with Crippen molar-refractivity contribution in [1.29, 1.82) is 0 Å². The molecule has 0 spiro atoms. The Balaban J connectivity index is 2.35. The molecule has 0 aliphatic heterocycles. The number of ether oxygens (including phenoxy) is 1. The molecule has 2 rings (SSSR count). The van der Waals surface area contributed by atoms with Crippen molar-refractivity contribution in [1.82, 2.24) is 5.32 Å². The van der Waals surface area contributed by atoms with E-state index in [9.17, 15) is 19.7 Å². The number of benzene rings is 1. The van der Waals surface area contributed by atoms with Crippen LogP contribution in [0.2, 0.25) is 0 Å². The Morgan fingerprint density at radius 3 is 2.44 bits per heavy atom. The van der Waals surface area contributed by atoms with Crippen LogP contribution in [0.5, 0.6) is 0 Å². The zero-order chi connectivity index (χ0) is 18.6. The van der Waals surface area contributed by atoms with Crippen LogP contribution in [0.25, 0.3) is 0 Å². The highest BCUT2D eigenvalue weighted by atomic mass is 32.1. The van der Waals surface area contributed by atoms with Crippen LogP contribution in [0.1, 0.15) is 45.5 Å². The molecule has 1 heterocycles. The highest BCUT2D eigenvalue weighted by Crippen LogP contribution is 2.27. The van der Waals surface area contributed by atoms with Gasteiger partial charge in [-0.25, -0.2) is 4.79 Å². The fourth-order valence-electron chi connectivity index (χ4n) is 2.34. The number of thiophene rings is 1. The maximum atomic E-state index is 12.6. The van der Waals surface area contributed by atoms with Crippen molar-refractivity contribution in [3.8, 4) is 0 Å². The molecule has 1 aromatic carbocycles. The molecule has 0 aliphatic rings. The number of nitro groups is 1. The van der Waals surface area contributed by atoms with E-state index in [0.29, 0.717) is 0 Å². The van der Waals surface area contributed by atoms with Gasteiger partial charge in [-0.2, -0.15) is 0 Å². The second-order valence-corrected chi connectivity index (χ2v) is 6.71. The number of hydrogen-bond acceptors (Lipinski definition) is 6. The number of esters is 1. The Morgan fingerprint density at radius 1 is 1.24 bits per heavy atom. The van der Waals surface area contributed by atoms with Crippen molar-refractivity contribution in [2.45, 2.75) is 19.9 Å². The Labute approximate surface area is 148 Å². The highest BCUT2D eigenvalue weighted by Gasteiger charge is 2.23. The van der Waals surface area contributed by atoms with Crippen LogP contribution < -0.4 is 5.32 Å². The topological polar surface area (TPSA) is 98.5 Å². The minimum absolute atomic E-state index is 0.0387. The van der Waals surface area contributed by atoms with Crippen LogP contribution in [0.15, 0.2) is 35.7 Å². The van der Waals surface area contributed by atoms with Gasteiger partial charge in [-0.15, -0.1) is 11.3 Å². The van der Waals surface area contributed by atoms with E-state index in [1.54, 1.807) is 0 Å². The molecule has 132 valence electrons. The summed E-state index contributed by atoms with van der Waals surface area (Å²) in [4.78, 5) is 35.7. The lowest BCUT2D eigenvalue weighted by Gasteiger charge is -2.21. The first-order valence-corrected chi connectivity index (χ1v) is 8.43. The number of carbonyl (C=O) groups is 2. The Hall–Kier alpha value is -2.74. The number of hydrogen-bond donors (Lipinski definition) is 1. The first kappa shape index (κ1) is 18.6. The third-order valence-corrected chi connectivity index (χ3v) is 4.57. The molecule has 2 aromatic rings. The number of carbonyl (C=O) groups excluding carboxylic acids is 2. The van der Waals surface area contributed by atoms with Gasteiger partial charge in [-0.1, -0.05) is 19.9 Å². The van der Waals surface area contributed by atoms with Gasteiger partial charge in [0.1, 0.15) is 0 Å². The number of nitrogens with zero attached hydrogens (tertiary/aromatic N) is 1. The van der Waals surface area contributed by atoms with Crippen molar-refractivity contribution >= 4 is 28.9 Å². The van der Waals surface area contributed by atoms with Crippen LogP contribution in [0.3, 0.4) is 0 Å². The molecule has 0 saturated carbocycles. The molecule has 1 atom stereocenters. The summed E-state index contributed by atoms with van der Waals surface area (Å²) in [6.07, 6.45) is 0. The highest BCUT2D eigenvalue weighted by molar-refractivity contribution is 7.10. The van der Waals surface area contributed by atoms with Crippen molar-refractivity contribution in [3.63, 3.8) is 0 Å². The van der Waals surface area contributed by atoms with Gasteiger partial charge in [-0.05, 0) is 23.4 Å². The molecule has 0 fully saturated rings. The third-order valence-electron chi connectivity index (χ3n) is 3.61. The van der Waals surface area contributed by atoms with Crippen LogP contribution >= 0.6 is 11.3 Å². The molecule has 0 unspecified atom stereocenters. The minimum atomic E-state index is -0.739. The monoisotopic (exact) mass is 362 g/mol. The average Bonchev–Trinajstić information content (AvgIpc) is 3.12. The van der Waals surface area contributed by atoms with Crippen LogP contribution in [-0.4, -0.2) is 23.9 Å². The van der Waals surface area contributed by atoms with Gasteiger partial charge in [0.05, 0.1) is 23.6 Å². The lowest BCUT2D eigenvalue weighted by Crippen LogP contribution is -2.31. The molecule has 1 aromatic heterocycles. The smallest absolute Gasteiger partial charge is 0.338 e. The Bertz CT molecular complexity index is 786. The maximum Gasteiger partial charge on any atom is 0.338 e. The molecule has 1 amide bonds. The predicted molar refractivity (Wildman–Crippen MR) is 93.8 cm³/mol. The van der Waals surface area contributed by atoms with Crippen molar-refractivity contribution in [2.75, 3.05) is 7.11 Å². The lowest BCUT2D eigenvalue weighted by atomic mass is 10.0. The summed E-state index contributed by atoms with van der Waals surface area (Å²) in [6, 6.07) is 7.11. The zero-order valence-electron chi connectivity index (χ0n) is 14.0. The predicted octanol–water partition coefficient (Wildman–Crippen LogP) is 3.57. The van der Waals surface area contributed by atoms with Crippen molar-refractivity contribution < 1.29 is 19.2 Å². The average molecular weight is 362 g/mol. The molecule has 7 nitrogen and oxygen atoms in total. The van der Waals surface area contributed by atoms with Crippen molar-refractivity contribution in [2.24, 2.45) is 5.92 Å². The van der Waals surface area contributed by atoms with Gasteiger partial charge in [0.15, 0.2) is 0 Å². The van der Waals surface area contributed by atoms with Gasteiger partial charge in [0.2, 0.25) is 0 Å². The van der Waals surface area contributed by atoms with Crippen LogP contribution in [0, 0.1) is 16.0 Å². The summed E-state index contributed by atoms with van der Waals surface area (Å²) >= 11 is 1.52. The second-order valence-electron chi connectivity index (χ2n) is 5.73. The quantitative estimate of drug-likeness (QED) is 0.481. The largest absolute Gasteiger partial charge is 0.465 e. The van der Waals surface area contributed by atoms with E-state index in [1.165, 1.54) is 24.5 Å². The van der Waals surface area contributed by atoms with Gasteiger partial charge in [-0.3, -0.25) is 14.9 Å². The number of nitro benzene ring substituents is 1. The fourth-order valence-corrected chi connectivity index (χ4v) is 3.29. The van der Waals surface area contributed by atoms with E-state index in [2.05, 4.69) is 10.1 Å². The molecule has 0 aliphatic carbocycles. The van der Waals surface area contributed by atoms with E-state index < -0.39 is 16.8 Å². The van der Waals surface area contributed by atoms with Gasteiger partial charge < -0.3 is 10.1 Å². The van der Waals surface area contributed by atoms with E-state index >= 15 is 0 Å². The fraction of sp³-hybridized carbons (Fsp3) is 0.294. The number of rotatable bonds is 6. The first-order chi connectivity index (χ1) is 11.8. The molecule has 1 N–H and O–H groups in total. The number of non-ortho nitro benzene ring substituents is 1. The lowest BCUT2D eigenvalue weighted by molar-refractivity contribution is -0.384. The molecule has 25 heavy (non-hydrogen) atoms. The molecular formula is C17H18N2O5S. The SMILES string of the molecule is COC(=O)c1cc(C(=O)N[C@@H](c2cccs2)C(C)C)cc([N+](=O)[O-])c1. The standard InChI is InChI=1S/C17H18N2O5S/c1-10(2)15(14-5-4-6-25-14)18-16(20)11-7-12(17(21)24-3)9-13(8-11)19(22)23/h4-10,15H,1-3H3,(H,18,20)/t15-/m1/s1. The van der Waals surface area contributed by atoms with Gasteiger partial charge >= 0.3 is 5.97 Å². The minimum Gasteiger partial charge on any atom is -0.465 e. The summed E-state index contributed by atoms with van der Waals surface area (Å²) in [5.74, 6) is -1.10. The van der Waals surface area contributed by atoms with E-state index in [1.807, 2.05) is 31.4 Å². The van der Waals surface area contributed by atoms with Gasteiger partial charge in [0.25, 0.3) is 11.6 Å². The molecule has 0 saturated heterocycles. The number of amides is 1. The van der Waals surface area contributed by atoms with E-state index in [-0.39, 0.29) is 28.8 Å². The molecule has 8 heteroatoms. The summed E-state index contributed by atoms with van der Waals surface area (Å²) in [5, 5.41) is 15.9.